The minimum absolute atomic E-state index is 0.0778. The average molecular weight is 449 g/mol. The Hall–Kier alpha value is -2.86. The van der Waals surface area contributed by atoms with Crippen LogP contribution in [0.2, 0.25) is 0 Å². The summed E-state index contributed by atoms with van der Waals surface area (Å²) in [5, 5.41) is 31.0. The maximum atomic E-state index is 10.6. The van der Waals surface area contributed by atoms with E-state index >= 15 is 0 Å². The highest BCUT2D eigenvalue weighted by Crippen LogP contribution is 2.49. The van der Waals surface area contributed by atoms with Crippen LogP contribution in [0.15, 0.2) is 54.0 Å². The first kappa shape index (κ1) is 22.0. The van der Waals surface area contributed by atoms with Crippen molar-refractivity contribution < 1.29 is 20.1 Å². The molecule has 3 aliphatic rings. The van der Waals surface area contributed by atoms with Crippen molar-refractivity contribution in [2.45, 2.75) is 70.0 Å². The van der Waals surface area contributed by atoms with Crippen molar-refractivity contribution in [3.63, 3.8) is 0 Å². The Morgan fingerprint density at radius 1 is 1.03 bits per heavy atom. The molecule has 6 heteroatoms. The Labute approximate surface area is 194 Å². The molecule has 3 N–H and O–H groups in total. The zero-order valence-corrected chi connectivity index (χ0v) is 19.2. The van der Waals surface area contributed by atoms with Crippen LogP contribution in [-0.2, 0) is 6.42 Å². The summed E-state index contributed by atoms with van der Waals surface area (Å²) in [6.07, 6.45) is 7.34. The lowest BCUT2D eigenvalue weighted by Gasteiger charge is -2.42. The van der Waals surface area contributed by atoms with Crippen LogP contribution in [0.4, 0.5) is 0 Å². The second-order valence-electron chi connectivity index (χ2n) is 9.87. The van der Waals surface area contributed by atoms with Crippen LogP contribution in [0.5, 0.6) is 5.88 Å². The van der Waals surface area contributed by atoms with Crippen LogP contribution in [0.1, 0.15) is 74.0 Å². The minimum Gasteiger partial charge on any atom is -0.511 e. The highest BCUT2D eigenvalue weighted by Gasteiger charge is 2.40. The topological polar surface area (TPSA) is 95.7 Å². The number of ether oxygens (including phenoxy) is 1. The molecule has 0 spiro atoms. The van der Waals surface area contributed by atoms with Crippen molar-refractivity contribution in [2.24, 2.45) is 11.8 Å². The molecule has 1 aromatic heterocycles. The summed E-state index contributed by atoms with van der Waals surface area (Å²) in [5.41, 5.74) is 3.56. The predicted octanol–water partition coefficient (Wildman–Crippen LogP) is 5.10. The average Bonchev–Trinajstić information content (AvgIpc) is 2.76. The van der Waals surface area contributed by atoms with Gasteiger partial charge in [0.25, 0.3) is 0 Å². The van der Waals surface area contributed by atoms with E-state index in [0.717, 1.165) is 18.5 Å². The fraction of sp³-hybridized carbons (Fsp3) is 0.481. The molecule has 2 aromatic rings. The summed E-state index contributed by atoms with van der Waals surface area (Å²) in [6, 6.07) is 10.6. The number of hydrogen-bond acceptors (Lipinski definition) is 6. The molecule has 5 atom stereocenters. The lowest BCUT2D eigenvalue weighted by atomic mass is 9.62. The van der Waals surface area contributed by atoms with Crippen LogP contribution in [-0.4, -0.2) is 37.5 Å². The van der Waals surface area contributed by atoms with Crippen molar-refractivity contribution in [3.8, 4) is 5.88 Å². The van der Waals surface area contributed by atoms with Gasteiger partial charge in [0.1, 0.15) is 23.3 Å². The summed E-state index contributed by atoms with van der Waals surface area (Å²) >= 11 is 0. The molecule has 0 radical (unpaired) electrons. The quantitative estimate of drug-likeness (QED) is 0.602. The van der Waals surface area contributed by atoms with E-state index in [1.807, 2.05) is 19.9 Å². The molecular formula is C27H32N2O4. The van der Waals surface area contributed by atoms with Crippen LogP contribution >= 0.6 is 0 Å². The number of aliphatic hydroxyl groups is 3. The third kappa shape index (κ3) is 4.24. The Bertz CT molecular complexity index is 1090. The largest absolute Gasteiger partial charge is 0.511 e. The number of aliphatic hydroxyl groups excluding tert-OH is 3. The van der Waals surface area contributed by atoms with Gasteiger partial charge in [0.15, 0.2) is 0 Å². The molecule has 1 fully saturated rings. The van der Waals surface area contributed by atoms with Crippen molar-refractivity contribution in [2.75, 3.05) is 0 Å². The minimum atomic E-state index is -1.13. The zero-order chi connectivity index (χ0) is 23.1. The van der Waals surface area contributed by atoms with E-state index in [0.29, 0.717) is 23.5 Å². The molecule has 174 valence electrons. The van der Waals surface area contributed by atoms with E-state index in [2.05, 4.69) is 29.2 Å². The van der Waals surface area contributed by atoms with Gasteiger partial charge in [-0.1, -0.05) is 37.1 Å². The first-order valence-electron chi connectivity index (χ1n) is 12.0. The van der Waals surface area contributed by atoms with E-state index < -0.39 is 12.0 Å². The molecule has 5 unspecified atom stereocenters. The molecular weight excluding hydrogens is 416 g/mol. The molecule has 0 amide bonds. The summed E-state index contributed by atoms with van der Waals surface area (Å²) in [5.74, 6) is 0.811. The van der Waals surface area contributed by atoms with Crippen molar-refractivity contribution in [3.05, 3.63) is 76.6 Å². The van der Waals surface area contributed by atoms with Gasteiger partial charge in [-0.3, -0.25) is 0 Å². The van der Waals surface area contributed by atoms with Gasteiger partial charge in [-0.15, -0.1) is 0 Å². The zero-order valence-electron chi connectivity index (χ0n) is 19.2. The molecule has 0 bridgehead atoms. The maximum absolute atomic E-state index is 10.6. The standard InChI is InChI=1S/C27H32N2O4/c1-15(2)33-24-14-21(28-27(29-24)26-22(31)12-18(30)13-23(26)32)25-19-9-5-3-7-16(19)11-17-8-4-6-10-20(17)25/h3,5,7,9,12-15,17,20,22,25-26,30-32H,4,6,8,10-11H2,1-2H3. The fourth-order valence-electron chi connectivity index (χ4n) is 5.93. The molecule has 1 heterocycles. The van der Waals surface area contributed by atoms with Crippen molar-refractivity contribution in [1.29, 1.82) is 0 Å². The smallest absolute Gasteiger partial charge is 0.217 e. The van der Waals surface area contributed by atoms with Gasteiger partial charge in [0.2, 0.25) is 5.88 Å². The number of rotatable bonds is 4. The van der Waals surface area contributed by atoms with Crippen LogP contribution in [0.25, 0.3) is 0 Å². The number of benzene rings is 1. The second kappa shape index (κ2) is 8.82. The number of fused-ring (bicyclic) bond motifs is 2. The van der Waals surface area contributed by atoms with Crippen LogP contribution in [0.3, 0.4) is 0 Å². The van der Waals surface area contributed by atoms with Crippen LogP contribution < -0.4 is 4.74 Å². The number of nitrogens with zero attached hydrogens (tertiary/aromatic N) is 2. The predicted molar refractivity (Wildman–Crippen MR) is 125 cm³/mol. The molecule has 0 saturated heterocycles. The Balaban J connectivity index is 1.64. The third-order valence-electron chi connectivity index (χ3n) is 7.26. The second-order valence-corrected chi connectivity index (χ2v) is 9.87. The molecule has 5 rings (SSSR count). The molecule has 6 nitrogen and oxygen atoms in total. The summed E-state index contributed by atoms with van der Waals surface area (Å²) in [4.78, 5) is 9.51. The first-order valence-corrected chi connectivity index (χ1v) is 12.0. The molecule has 1 aromatic carbocycles. The summed E-state index contributed by atoms with van der Waals surface area (Å²) < 4.78 is 5.99. The number of aromatic nitrogens is 2. The Morgan fingerprint density at radius 2 is 1.82 bits per heavy atom. The van der Waals surface area contributed by atoms with Gasteiger partial charge >= 0.3 is 0 Å². The van der Waals surface area contributed by atoms with Gasteiger partial charge in [0.05, 0.1) is 17.9 Å². The van der Waals surface area contributed by atoms with E-state index in [1.54, 1.807) is 0 Å². The first-order chi connectivity index (χ1) is 15.9. The monoisotopic (exact) mass is 448 g/mol. The fourth-order valence-corrected chi connectivity index (χ4v) is 5.93. The summed E-state index contributed by atoms with van der Waals surface area (Å²) in [6.45, 7) is 3.89. The molecule has 1 saturated carbocycles. The van der Waals surface area contributed by atoms with E-state index in [4.69, 9.17) is 9.72 Å². The Morgan fingerprint density at radius 3 is 2.61 bits per heavy atom. The van der Waals surface area contributed by atoms with Gasteiger partial charge in [-0.2, -0.15) is 4.98 Å². The highest BCUT2D eigenvalue weighted by molar-refractivity contribution is 5.41. The molecule has 3 aliphatic carbocycles. The van der Waals surface area contributed by atoms with Gasteiger partial charge < -0.3 is 20.1 Å². The third-order valence-corrected chi connectivity index (χ3v) is 7.26. The number of allylic oxidation sites excluding steroid dienone is 1. The van der Waals surface area contributed by atoms with E-state index in [-0.39, 0.29) is 23.5 Å². The van der Waals surface area contributed by atoms with E-state index in [1.165, 1.54) is 42.5 Å². The number of hydrogen-bond donors (Lipinski definition) is 3. The van der Waals surface area contributed by atoms with Crippen molar-refractivity contribution >= 4 is 0 Å². The SMILES string of the molecule is CC(C)Oc1cc(C2c3ccccc3CC3CCCCC32)nc(C2C(O)=CC(O)=CC2O)n1. The van der Waals surface area contributed by atoms with E-state index in [9.17, 15) is 15.3 Å². The normalized spacial score (nSPS) is 29.0. The highest BCUT2D eigenvalue weighted by atomic mass is 16.5. The van der Waals surface area contributed by atoms with Crippen LogP contribution in [0, 0.1) is 11.8 Å². The summed E-state index contributed by atoms with van der Waals surface area (Å²) in [7, 11) is 0. The molecule has 0 aliphatic heterocycles. The lowest BCUT2D eigenvalue weighted by molar-refractivity contribution is 0.161. The van der Waals surface area contributed by atoms with Gasteiger partial charge in [0, 0.05) is 18.1 Å². The van der Waals surface area contributed by atoms with Gasteiger partial charge in [-0.05, 0) is 62.1 Å². The maximum Gasteiger partial charge on any atom is 0.217 e. The Kier molecular flexibility index (Phi) is 5.87. The lowest BCUT2D eigenvalue weighted by Crippen LogP contribution is -2.34. The van der Waals surface area contributed by atoms with Gasteiger partial charge in [-0.25, -0.2) is 4.98 Å². The van der Waals surface area contributed by atoms with Crippen molar-refractivity contribution in [1.82, 2.24) is 9.97 Å². The molecule has 33 heavy (non-hydrogen) atoms.